The Bertz CT molecular complexity index is 2130. The van der Waals surface area contributed by atoms with Gasteiger partial charge in [-0.3, -0.25) is 9.48 Å². The molecule has 3 aromatic rings. The highest BCUT2D eigenvalue weighted by Crippen LogP contribution is 2.45. The molecule has 2 aromatic heterocycles. The Kier molecular flexibility index (Phi) is 19.5. The van der Waals surface area contributed by atoms with E-state index in [1.165, 1.54) is 14.0 Å². The van der Waals surface area contributed by atoms with Crippen LogP contribution in [-0.4, -0.2) is 186 Å². The maximum Gasteiger partial charge on any atom is 0.309 e. The fourth-order valence-electron chi connectivity index (χ4n) is 11.7. The summed E-state index contributed by atoms with van der Waals surface area (Å²) in [5, 5.41) is 72.6. The molecular formula is C53H86N6O13. The van der Waals surface area contributed by atoms with E-state index in [0.29, 0.717) is 39.1 Å². The molecule has 0 radical (unpaired) electrons. The van der Waals surface area contributed by atoms with E-state index in [9.17, 15) is 30.3 Å². The van der Waals surface area contributed by atoms with Gasteiger partial charge in [-0.25, -0.2) is 0 Å². The van der Waals surface area contributed by atoms with Crippen LogP contribution in [0.3, 0.4) is 0 Å². The maximum atomic E-state index is 14.6. The van der Waals surface area contributed by atoms with Gasteiger partial charge in [0.25, 0.3) is 0 Å². The van der Waals surface area contributed by atoms with Crippen LogP contribution in [-0.2, 0) is 41.4 Å². The van der Waals surface area contributed by atoms with E-state index in [0.717, 1.165) is 29.0 Å². The summed E-state index contributed by atoms with van der Waals surface area (Å²) in [5.74, 6) is -2.35. The quantitative estimate of drug-likeness (QED) is 0.104. The molecule has 406 valence electrons. The van der Waals surface area contributed by atoms with Crippen LogP contribution in [0.2, 0.25) is 0 Å². The average molecular weight is 1020 g/mol. The van der Waals surface area contributed by atoms with E-state index in [2.05, 4.69) is 20.4 Å². The number of nitrogens with zero attached hydrogens (tertiary/aromatic N) is 6. The Labute approximate surface area is 426 Å². The number of esters is 1. The van der Waals surface area contributed by atoms with Gasteiger partial charge in [-0.1, -0.05) is 50.2 Å². The molecule has 18 atom stereocenters. The predicted molar refractivity (Wildman–Crippen MR) is 268 cm³/mol. The van der Waals surface area contributed by atoms with Crippen LogP contribution >= 0.6 is 0 Å². The molecule has 3 saturated heterocycles. The lowest BCUT2D eigenvalue weighted by atomic mass is 9.68. The van der Waals surface area contributed by atoms with E-state index in [4.69, 9.17) is 32.9 Å². The van der Waals surface area contributed by atoms with Crippen molar-refractivity contribution in [2.75, 3.05) is 40.9 Å². The van der Waals surface area contributed by atoms with Crippen LogP contribution in [0.4, 0.5) is 0 Å². The molecule has 5 N–H and O–H groups in total. The topological polar surface area (TPSA) is 237 Å². The second-order valence-electron chi connectivity index (χ2n) is 22.1. The number of ether oxygens (including phenoxy) is 6. The summed E-state index contributed by atoms with van der Waals surface area (Å²) >= 11 is 0. The summed E-state index contributed by atoms with van der Waals surface area (Å²) < 4.78 is 44.9. The van der Waals surface area contributed by atoms with Gasteiger partial charge in [-0.2, -0.15) is 0 Å². The molecule has 3 aliphatic rings. The zero-order valence-electron chi connectivity index (χ0n) is 45.0. The van der Waals surface area contributed by atoms with Crippen LogP contribution in [0.15, 0.2) is 47.4 Å². The van der Waals surface area contributed by atoms with E-state index in [-0.39, 0.29) is 31.3 Å². The molecule has 0 spiro atoms. The van der Waals surface area contributed by atoms with Gasteiger partial charge in [0, 0.05) is 75.8 Å². The predicted octanol–water partition coefficient (Wildman–Crippen LogP) is 4.50. The van der Waals surface area contributed by atoms with Crippen molar-refractivity contribution in [2.24, 2.45) is 23.7 Å². The molecule has 0 saturated carbocycles. The van der Waals surface area contributed by atoms with Crippen molar-refractivity contribution in [3.05, 3.63) is 48.6 Å². The molecule has 3 fully saturated rings. The average Bonchev–Trinajstić information content (AvgIpc) is 4.05. The lowest BCUT2D eigenvalue weighted by molar-refractivity contribution is -0.302. The summed E-state index contributed by atoms with van der Waals surface area (Å²) in [5.41, 5.74) is -1.74. The van der Waals surface area contributed by atoms with Gasteiger partial charge in [0.2, 0.25) is 0 Å². The molecule has 1 aromatic carbocycles. The first-order valence-electron chi connectivity index (χ1n) is 26.0. The molecule has 0 aliphatic carbocycles. The van der Waals surface area contributed by atoms with Crippen LogP contribution in [0.5, 0.6) is 5.75 Å². The molecule has 3 aliphatic heterocycles. The number of hydrogen-bond donors (Lipinski definition) is 5. The molecule has 19 heteroatoms. The first-order valence-corrected chi connectivity index (χ1v) is 26.0. The number of likely N-dealkylation sites (N-methyl/N-ethyl adjacent to an activating group) is 2. The Balaban J connectivity index is 1.20. The molecule has 5 heterocycles. The minimum Gasteiger partial charge on any atom is -0.494 e. The lowest BCUT2D eigenvalue weighted by Crippen LogP contribution is -2.62. The van der Waals surface area contributed by atoms with Crippen LogP contribution in [0.25, 0.3) is 11.1 Å². The van der Waals surface area contributed by atoms with Crippen molar-refractivity contribution in [3.8, 4) is 16.9 Å². The van der Waals surface area contributed by atoms with Gasteiger partial charge in [0.15, 0.2) is 6.29 Å². The smallest absolute Gasteiger partial charge is 0.309 e. The standard InChI is InChI=1S/C53H86N6O13/c1-14-43-53(10,65)46(61)35(6)58(12)28-31(2)25-51(8,64)48(33(4)44(34(5)49(63)71-43)42-26-52(9,66-13)47(62)36(7)70-42)72-50-45(60)41(24-32(3)69-50)57(11)22-20-39-29-59(56-55-39)21-15-23-67-40-18-16-37(17-19-40)38-27-54-68-30-38/h16-19,27,29-36,41-48,50,60-62,64-65H,14-15,20-26,28H2,1-13H3/t31-,32-,33+,34-,35-,36+,41+,42?,43-,44+,45-,46-,47+,48-,50+,51-,52-,53-/m1/s1. The molecule has 6 rings (SSSR count). The second-order valence-corrected chi connectivity index (χ2v) is 22.1. The summed E-state index contributed by atoms with van der Waals surface area (Å²) in [6.45, 7) is 20.1. The van der Waals surface area contributed by atoms with Crippen LogP contribution in [0.1, 0.15) is 107 Å². The van der Waals surface area contributed by atoms with E-state index >= 15 is 0 Å². The van der Waals surface area contributed by atoms with Gasteiger partial charge in [0.05, 0.1) is 60.0 Å². The van der Waals surface area contributed by atoms with Gasteiger partial charge in [-0.15, -0.1) is 5.10 Å². The first kappa shape index (κ1) is 57.7. The number of aliphatic hydroxyl groups is 5. The summed E-state index contributed by atoms with van der Waals surface area (Å²) in [7, 11) is 5.34. The number of methoxy groups -OCH3 is 1. The number of aromatic nitrogens is 4. The fourth-order valence-corrected chi connectivity index (χ4v) is 11.7. The van der Waals surface area contributed by atoms with Crippen molar-refractivity contribution < 1.29 is 63.3 Å². The fraction of sp³-hybridized carbons (Fsp3) is 0.774. The van der Waals surface area contributed by atoms with Crippen molar-refractivity contribution >= 4 is 5.97 Å². The van der Waals surface area contributed by atoms with Crippen LogP contribution in [0, 0.1) is 23.7 Å². The molecule has 0 bridgehead atoms. The number of rotatable bonds is 15. The third-order valence-electron chi connectivity index (χ3n) is 16.2. The monoisotopic (exact) mass is 1010 g/mol. The number of carbonyl (C=O) groups is 1. The number of carbonyl (C=O) groups excluding carboxylic acids is 1. The number of cyclic esters (lactones) is 1. The van der Waals surface area contributed by atoms with Gasteiger partial charge < -0.3 is 68.3 Å². The van der Waals surface area contributed by atoms with E-state index in [1.54, 1.807) is 40.2 Å². The Hall–Kier alpha value is -3.60. The van der Waals surface area contributed by atoms with Gasteiger partial charge >= 0.3 is 5.97 Å². The molecular weight excluding hydrogens is 929 g/mol. The number of aliphatic hydroxyl groups excluding tert-OH is 3. The molecule has 1 unspecified atom stereocenters. The Morgan fingerprint density at radius 1 is 0.958 bits per heavy atom. The van der Waals surface area contributed by atoms with Crippen molar-refractivity contribution in [2.45, 2.75) is 198 Å². The summed E-state index contributed by atoms with van der Waals surface area (Å²) in [6.07, 6.45) is -0.784. The second kappa shape index (κ2) is 24.4. The zero-order valence-corrected chi connectivity index (χ0v) is 45.0. The van der Waals surface area contributed by atoms with Crippen molar-refractivity contribution in [1.29, 1.82) is 0 Å². The SMILES string of the molecule is CC[C@H]1OC(=O)[C@H](C)[C@@H](C2C[C@@](C)(OC)[C@@H](O)[C@H](C)O2)[C@H](C)[C@@H](O[C@@H]2O[C@H](C)C[C@H](N(C)CCc3cn(CCCOc4ccc(-c5cnoc5)cc4)nn3)[C@H]2O)[C@](C)(O)C[C@@H](C)CN(C)[C@H](C)[C@@H](O)[C@]1(C)O. The minimum absolute atomic E-state index is 0.168. The van der Waals surface area contributed by atoms with E-state index in [1.807, 2.05) is 88.8 Å². The largest absolute Gasteiger partial charge is 0.494 e. The van der Waals surface area contributed by atoms with E-state index < -0.39 is 102 Å². The Morgan fingerprint density at radius 3 is 2.32 bits per heavy atom. The third kappa shape index (κ3) is 13.4. The lowest BCUT2D eigenvalue weighted by Gasteiger charge is -2.51. The number of benzene rings is 1. The normalized spacial score (nSPS) is 39.0. The van der Waals surface area contributed by atoms with Crippen molar-refractivity contribution in [1.82, 2.24) is 30.0 Å². The number of hydrogen-bond acceptors (Lipinski definition) is 18. The minimum atomic E-state index is -1.81. The third-order valence-corrected chi connectivity index (χ3v) is 16.2. The summed E-state index contributed by atoms with van der Waals surface area (Å²) in [6, 6.07) is 6.81. The number of aryl methyl sites for hydroxylation is 1. The van der Waals surface area contributed by atoms with Gasteiger partial charge in [0.1, 0.15) is 42.0 Å². The summed E-state index contributed by atoms with van der Waals surface area (Å²) in [4.78, 5) is 18.6. The van der Waals surface area contributed by atoms with Crippen molar-refractivity contribution in [3.63, 3.8) is 0 Å². The highest BCUT2D eigenvalue weighted by molar-refractivity contribution is 5.73. The molecule has 0 amide bonds. The van der Waals surface area contributed by atoms with Crippen LogP contribution < -0.4 is 4.74 Å². The molecule has 72 heavy (non-hydrogen) atoms. The van der Waals surface area contributed by atoms with Gasteiger partial charge in [-0.05, 0) is 104 Å². The highest BCUT2D eigenvalue weighted by Gasteiger charge is 2.55. The zero-order chi connectivity index (χ0) is 52.9. The Morgan fingerprint density at radius 2 is 1.67 bits per heavy atom. The maximum absolute atomic E-state index is 14.6. The first-order chi connectivity index (χ1) is 33.9. The molecule has 19 nitrogen and oxygen atoms in total. The highest BCUT2D eigenvalue weighted by atomic mass is 16.7.